The summed E-state index contributed by atoms with van der Waals surface area (Å²) in [6.45, 7) is 2.36. The van der Waals surface area contributed by atoms with Crippen molar-refractivity contribution in [3.8, 4) is 0 Å². The van der Waals surface area contributed by atoms with E-state index in [4.69, 9.17) is 11.6 Å². The first-order valence-electron chi connectivity index (χ1n) is 5.27. The van der Waals surface area contributed by atoms with Gasteiger partial charge < -0.3 is 0 Å². The summed E-state index contributed by atoms with van der Waals surface area (Å²) >= 11 is 8.83. The van der Waals surface area contributed by atoms with Crippen LogP contribution in [0.1, 0.15) is 13.3 Å². The van der Waals surface area contributed by atoms with Crippen molar-refractivity contribution in [3.05, 3.63) is 28.7 Å². The molecule has 3 nitrogen and oxygen atoms in total. The highest BCUT2D eigenvalue weighted by Gasteiger charge is 2.17. The number of sulfonamides is 1. The minimum Gasteiger partial charge on any atom is -0.211 e. The number of hydrogen-bond donors (Lipinski definition) is 1. The zero-order valence-corrected chi connectivity index (χ0v) is 12.6. The fourth-order valence-electron chi connectivity index (χ4n) is 1.28. The minimum absolute atomic E-state index is 0.227. The Hall–Kier alpha value is -0.100. The summed E-state index contributed by atoms with van der Waals surface area (Å²) in [7, 11) is -3.44. The van der Waals surface area contributed by atoms with Crippen LogP contribution < -0.4 is 4.72 Å². The van der Waals surface area contributed by atoms with E-state index in [9.17, 15) is 8.42 Å². The molecule has 0 aliphatic carbocycles. The summed E-state index contributed by atoms with van der Waals surface area (Å²) in [4.78, 5) is 0.262. The molecule has 1 unspecified atom stereocenters. The molecule has 0 radical (unpaired) electrons. The number of rotatable bonds is 6. The van der Waals surface area contributed by atoms with Crippen molar-refractivity contribution < 1.29 is 8.42 Å². The fraction of sp³-hybridized carbons (Fsp3) is 0.455. The molecule has 0 bridgehead atoms. The highest BCUT2D eigenvalue weighted by atomic mass is 79.9. The molecule has 0 fully saturated rings. The van der Waals surface area contributed by atoms with Gasteiger partial charge in [-0.05, 0) is 40.4 Å². The summed E-state index contributed by atoms with van der Waals surface area (Å²) in [6.07, 6.45) is 0.792. The van der Waals surface area contributed by atoms with E-state index < -0.39 is 10.0 Å². The topological polar surface area (TPSA) is 46.2 Å². The van der Waals surface area contributed by atoms with Crippen LogP contribution in [0.5, 0.6) is 0 Å². The maximum atomic E-state index is 12.0. The van der Waals surface area contributed by atoms with E-state index in [1.165, 1.54) is 0 Å². The first kappa shape index (κ1) is 15.0. The van der Waals surface area contributed by atoms with Crippen LogP contribution in [0.25, 0.3) is 0 Å². The Morgan fingerprint density at radius 3 is 2.65 bits per heavy atom. The standard InChI is InChI=1S/C11H15BrClNO2S/c1-9(6-7-13)8-14-17(15,16)11-5-3-2-4-10(11)12/h2-5,9,14H,6-8H2,1H3. The largest absolute Gasteiger partial charge is 0.241 e. The molecule has 1 atom stereocenters. The van der Waals surface area contributed by atoms with Gasteiger partial charge >= 0.3 is 0 Å². The van der Waals surface area contributed by atoms with Gasteiger partial charge in [0.25, 0.3) is 0 Å². The predicted octanol–water partition coefficient (Wildman–Crippen LogP) is 2.99. The molecule has 1 rings (SSSR count). The van der Waals surface area contributed by atoms with Crippen molar-refractivity contribution in [2.24, 2.45) is 5.92 Å². The zero-order valence-electron chi connectivity index (χ0n) is 9.49. The summed E-state index contributed by atoms with van der Waals surface area (Å²) in [5.41, 5.74) is 0. The average Bonchev–Trinajstić information content (AvgIpc) is 2.27. The summed E-state index contributed by atoms with van der Waals surface area (Å²) in [5.74, 6) is 0.766. The molecule has 0 saturated heterocycles. The maximum Gasteiger partial charge on any atom is 0.241 e. The monoisotopic (exact) mass is 339 g/mol. The van der Waals surface area contributed by atoms with Gasteiger partial charge in [0.15, 0.2) is 0 Å². The molecule has 0 heterocycles. The van der Waals surface area contributed by atoms with E-state index in [-0.39, 0.29) is 10.8 Å². The Morgan fingerprint density at radius 2 is 2.06 bits per heavy atom. The molecule has 0 amide bonds. The van der Waals surface area contributed by atoms with Gasteiger partial charge in [-0.3, -0.25) is 0 Å². The molecular formula is C11H15BrClNO2S. The van der Waals surface area contributed by atoms with E-state index in [1.54, 1.807) is 24.3 Å². The number of hydrogen-bond acceptors (Lipinski definition) is 2. The zero-order chi connectivity index (χ0) is 12.9. The van der Waals surface area contributed by atoms with Crippen LogP contribution in [0.2, 0.25) is 0 Å². The highest BCUT2D eigenvalue weighted by molar-refractivity contribution is 9.10. The molecule has 6 heteroatoms. The maximum absolute atomic E-state index is 12.0. The van der Waals surface area contributed by atoms with Gasteiger partial charge in [0.2, 0.25) is 10.0 Å². The van der Waals surface area contributed by atoms with Crippen molar-refractivity contribution >= 4 is 37.6 Å². The average molecular weight is 341 g/mol. The van der Waals surface area contributed by atoms with Gasteiger partial charge in [-0.2, -0.15) is 0 Å². The lowest BCUT2D eigenvalue weighted by Crippen LogP contribution is -2.28. The van der Waals surface area contributed by atoms with E-state index in [1.807, 2.05) is 6.92 Å². The molecule has 0 saturated carbocycles. The van der Waals surface area contributed by atoms with Crippen LogP contribution in [-0.2, 0) is 10.0 Å². The number of alkyl halides is 1. The van der Waals surface area contributed by atoms with Crippen LogP contribution in [0.4, 0.5) is 0 Å². The van der Waals surface area contributed by atoms with Crippen LogP contribution >= 0.6 is 27.5 Å². The van der Waals surface area contributed by atoms with Crippen LogP contribution in [-0.4, -0.2) is 20.8 Å². The predicted molar refractivity (Wildman–Crippen MR) is 73.8 cm³/mol. The molecule has 0 aliphatic heterocycles. The Kier molecular flexibility index (Phi) is 5.92. The lowest BCUT2D eigenvalue weighted by Gasteiger charge is -2.12. The molecular weight excluding hydrogens is 326 g/mol. The lowest BCUT2D eigenvalue weighted by atomic mass is 10.1. The Bertz CT molecular complexity index is 464. The number of benzene rings is 1. The second-order valence-electron chi connectivity index (χ2n) is 3.87. The number of nitrogens with one attached hydrogen (secondary N) is 1. The van der Waals surface area contributed by atoms with Gasteiger partial charge in [0.1, 0.15) is 0 Å². The van der Waals surface area contributed by atoms with Crippen molar-refractivity contribution in [2.75, 3.05) is 12.4 Å². The third-order valence-electron chi connectivity index (χ3n) is 2.35. The highest BCUT2D eigenvalue weighted by Crippen LogP contribution is 2.20. The Morgan fingerprint density at radius 1 is 1.41 bits per heavy atom. The Balaban J connectivity index is 2.73. The van der Waals surface area contributed by atoms with Gasteiger partial charge in [0.05, 0.1) is 4.90 Å². The smallest absolute Gasteiger partial charge is 0.211 e. The van der Waals surface area contributed by atoms with Crippen molar-refractivity contribution in [1.82, 2.24) is 4.72 Å². The lowest BCUT2D eigenvalue weighted by molar-refractivity contribution is 0.530. The second kappa shape index (κ2) is 6.73. The number of halogens is 2. The van der Waals surface area contributed by atoms with Gasteiger partial charge in [-0.15, -0.1) is 11.6 Å². The van der Waals surface area contributed by atoms with Crippen LogP contribution in [0, 0.1) is 5.92 Å². The van der Waals surface area contributed by atoms with E-state index in [0.29, 0.717) is 16.9 Å². The summed E-state index contributed by atoms with van der Waals surface area (Å²) in [6, 6.07) is 6.75. The molecule has 0 aliphatic rings. The molecule has 1 N–H and O–H groups in total. The van der Waals surface area contributed by atoms with Crippen LogP contribution in [0.3, 0.4) is 0 Å². The first-order valence-corrected chi connectivity index (χ1v) is 8.08. The third-order valence-corrected chi connectivity index (χ3v) is 5.00. The van der Waals surface area contributed by atoms with Gasteiger partial charge in [0, 0.05) is 16.9 Å². The minimum atomic E-state index is -3.44. The third kappa shape index (κ3) is 4.58. The van der Waals surface area contributed by atoms with Crippen LogP contribution in [0.15, 0.2) is 33.6 Å². The quantitative estimate of drug-likeness (QED) is 0.809. The Labute approximate surface area is 116 Å². The van der Waals surface area contributed by atoms with Crippen molar-refractivity contribution in [1.29, 1.82) is 0 Å². The molecule has 96 valence electrons. The van der Waals surface area contributed by atoms with Crippen molar-refractivity contribution in [2.45, 2.75) is 18.2 Å². The molecule has 0 spiro atoms. The van der Waals surface area contributed by atoms with Gasteiger partial charge in [-0.1, -0.05) is 19.1 Å². The summed E-state index contributed by atoms with van der Waals surface area (Å²) < 4.78 is 27.1. The van der Waals surface area contributed by atoms with E-state index >= 15 is 0 Å². The van der Waals surface area contributed by atoms with Crippen molar-refractivity contribution in [3.63, 3.8) is 0 Å². The SMILES string of the molecule is CC(CCCl)CNS(=O)(=O)c1ccccc1Br. The van der Waals surface area contributed by atoms with Gasteiger partial charge in [-0.25, -0.2) is 13.1 Å². The van der Waals surface area contributed by atoms with E-state index in [0.717, 1.165) is 6.42 Å². The normalized spacial score (nSPS) is 13.6. The molecule has 0 aromatic heterocycles. The molecule has 17 heavy (non-hydrogen) atoms. The second-order valence-corrected chi connectivity index (χ2v) is 6.83. The molecule has 1 aromatic carbocycles. The fourth-order valence-corrected chi connectivity index (χ4v) is 3.82. The molecule has 1 aromatic rings. The first-order chi connectivity index (χ1) is 7.97. The summed E-state index contributed by atoms with van der Waals surface area (Å²) in [5, 5.41) is 0. The van der Waals surface area contributed by atoms with E-state index in [2.05, 4.69) is 20.7 Å².